The summed E-state index contributed by atoms with van der Waals surface area (Å²) in [4.78, 5) is 11.6. The van der Waals surface area contributed by atoms with Gasteiger partial charge in [0.15, 0.2) is 0 Å². The highest BCUT2D eigenvalue weighted by Crippen LogP contribution is 2.14. The van der Waals surface area contributed by atoms with Crippen molar-refractivity contribution in [1.29, 1.82) is 0 Å². The first kappa shape index (κ1) is 25.9. The van der Waals surface area contributed by atoms with Gasteiger partial charge in [0.05, 0.1) is 6.61 Å². The maximum Gasteiger partial charge on any atom is 0.220 e. The second-order valence-electron chi connectivity index (χ2n) is 7.86. The molecule has 0 saturated heterocycles. The van der Waals surface area contributed by atoms with Gasteiger partial charge in [0.2, 0.25) is 5.91 Å². The van der Waals surface area contributed by atoms with E-state index in [0.717, 1.165) is 32.1 Å². The summed E-state index contributed by atoms with van der Waals surface area (Å²) in [6, 6.07) is 8.65. The van der Waals surface area contributed by atoms with Crippen LogP contribution in [0, 0.1) is 0 Å². The maximum absolute atomic E-state index is 11.6. The number of amides is 1. The predicted molar refractivity (Wildman–Crippen MR) is 129 cm³/mol. The van der Waals surface area contributed by atoms with Crippen LogP contribution in [0.4, 0.5) is 0 Å². The molecule has 2 N–H and O–H groups in total. The molecule has 0 aliphatic carbocycles. The molecule has 0 spiro atoms. The number of carbonyl (C=O) groups excluding carboxylic acids is 1. The van der Waals surface area contributed by atoms with E-state index in [1.807, 2.05) is 0 Å². The summed E-state index contributed by atoms with van der Waals surface area (Å²) in [6.45, 7) is 4.03. The summed E-state index contributed by atoms with van der Waals surface area (Å²) >= 11 is 0. The zero-order chi connectivity index (χ0) is 21.9. The molecule has 166 valence electrons. The zero-order valence-electron chi connectivity index (χ0n) is 19.0. The van der Waals surface area contributed by atoms with Crippen LogP contribution in [-0.2, 0) is 17.6 Å². The Hall–Kier alpha value is -2.13. The standard InChI is InChI=1S/C27H41NO2/c1-3-4-13-18-25-20-16-17-21-26(25)19-14-11-9-7-5-6-8-10-12-15-22-27(30)28-24(2)23-29/h5,7-8,10-11,14,16-17,20-21,24,29H,3-4,6,9,12-13,15,18-19,22-23H2,1-2H3,(H,28,30)/b7-5-,10-8-,14-11-/t24-/m1/s1. The van der Waals surface area contributed by atoms with Crippen molar-refractivity contribution in [1.82, 2.24) is 5.32 Å². The third-order valence-electron chi connectivity index (χ3n) is 5.01. The summed E-state index contributed by atoms with van der Waals surface area (Å²) in [5.41, 5.74) is 2.95. The number of benzene rings is 1. The Morgan fingerprint density at radius 1 is 0.967 bits per heavy atom. The van der Waals surface area contributed by atoms with Crippen molar-refractivity contribution in [2.75, 3.05) is 6.61 Å². The van der Waals surface area contributed by atoms with E-state index in [4.69, 9.17) is 5.11 Å². The topological polar surface area (TPSA) is 49.3 Å². The number of aliphatic hydroxyl groups is 1. The lowest BCUT2D eigenvalue weighted by Gasteiger charge is -2.09. The maximum atomic E-state index is 11.6. The molecule has 0 aliphatic rings. The van der Waals surface area contributed by atoms with E-state index >= 15 is 0 Å². The van der Waals surface area contributed by atoms with Crippen LogP contribution < -0.4 is 5.32 Å². The number of allylic oxidation sites excluding steroid dienone is 6. The van der Waals surface area contributed by atoms with Crippen LogP contribution in [0.15, 0.2) is 60.7 Å². The summed E-state index contributed by atoms with van der Waals surface area (Å²) in [5, 5.41) is 11.7. The summed E-state index contributed by atoms with van der Waals surface area (Å²) in [6.07, 6.45) is 23.4. The van der Waals surface area contributed by atoms with Crippen LogP contribution in [-0.4, -0.2) is 23.7 Å². The minimum Gasteiger partial charge on any atom is -0.394 e. The molecule has 1 atom stereocenters. The fourth-order valence-corrected chi connectivity index (χ4v) is 3.21. The number of carbonyl (C=O) groups is 1. The average molecular weight is 412 g/mol. The van der Waals surface area contributed by atoms with Crippen LogP contribution in [0.5, 0.6) is 0 Å². The van der Waals surface area contributed by atoms with E-state index in [0.29, 0.717) is 6.42 Å². The fraction of sp³-hybridized carbons (Fsp3) is 0.519. The number of aliphatic hydroxyl groups excluding tert-OH is 1. The average Bonchev–Trinajstić information content (AvgIpc) is 2.75. The molecule has 0 heterocycles. The number of aryl methyl sites for hydroxylation is 1. The van der Waals surface area contributed by atoms with Crippen molar-refractivity contribution < 1.29 is 9.90 Å². The van der Waals surface area contributed by atoms with E-state index in [2.05, 4.69) is 73.0 Å². The van der Waals surface area contributed by atoms with Gasteiger partial charge in [0.1, 0.15) is 0 Å². The normalized spacial score (nSPS) is 12.9. The molecule has 0 fully saturated rings. The van der Waals surface area contributed by atoms with E-state index in [9.17, 15) is 4.79 Å². The van der Waals surface area contributed by atoms with Gasteiger partial charge < -0.3 is 10.4 Å². The zero-order valence-corrected chi connectivity index (χ0v) is 19.0. The summed E-state index contributed by atoms with van der Waals surface area (Å²) in [7, 11) is 0. The molecule has 0 unspecified atom stereocenters. The molecule has 3 heteroatoms. The van der Waals surface area contributed by atoms with Gasteiger partial charge in [-0.05, 0) is 63.0 Å². The predicted octanol–water partition coefficient (Wildman–Crippen LogP) is 6.08. The molecule has 30 heavy (non-hydrogen) atoms. The lowest BCUT2D eigenvalue weighted by atomic mass is 9.99. The van der Waals surface area contributed by atoms with Crippen molar-refractivity contribution in [3.8, 4) is 0 Å². The Labute approximate surface area is 184 Å². The quantitative estimate of drug-likeness (QED) is 0.256. The van der Waals surface area contributed by atoms with Crippen molar-refractivity contribution in [2.24, 2.45) is 0 Å². The number of nitrogens with one attached hydrogen (secondary N) is 1. The lowest BCUT2D eigenvalue weighted by Crippen LogP contribution is -2.34. The van der Waals surface area contributed by atoms with Crippen LogP contribution >= 0.6 is 0 Å². The molecule has 0 saturated carbocycles. The minimum absolute atomic E-state index is 0.0141. The molecule has 3 nitrogen and oxygen atoms in total. The van der Waals surface area contributed by atoms with Crippen LogP contribution in [0.1, 0.15) is 76.3 Å². The number of unbranched alkanes of at least 4 members (excludes halogenated alkanes) is 3. The Morgan fingerprint density at radius 3 is 2.33 bits per heavy atom. The van der Waals surface area contributed by atoms with Crippen molar-refractivity contribution in [3.05, 3.63) is 71.8 Å². The largest absolute Gasteiger partial charge is 0.394 e. The highest BCUT2D eigenvalue weighted by atomic mass is 16.3. The third-order valence-corrected chi connectivity index (χ3v) is 5.01. The molecule has 0 radical (unpaired) electrons. The van der Waals surface area contributed by atoms with Gasteiger partial charge in [-0.1, -0.05) is 80.5 Å². The first-order chi connectivity index (χ1) is 14.7. The number of hydrogen-bond donors (Lipinski definition) is 2. The van der Waals surface area contributed by atoms with E-state index < -0.39 is 0 Å². The highest BCUT2D eigenvalue weighted by molar-refractivity contribution is 5.76. The molecular weight excluding hydrogens is 370 g/mol. The van der Waals surface area contributed by atoms with Crippen LogP contribution in [0.25, 0.3) is 0 Å². The first-order valence-electron chi connectivity index (χ1n) is 11.6. The van der Waals surface area contributed by atoms with E-state index in [1.165, 1.54) is 36.8 Å². The Kier molecular flexibility index (Phi) is 15.3. The van der Waals surface area contributed by atoms with Crippen LogP contribution in [0.3, 0.4) is 0 Å². The van der Waals surface area contributed by atoms with Gasteiger partial charge in [-0.15, -0.1) is 0 Å². The molecule has 1 aromatic rings. The van der Waals surface area contributed by atoms with E-state index in [-0.39, 0.29) is 18.6 Å². The van der Waals surface area contributed by atoms with Gasteiger partial charge in [0, 0.05) is 12.5 Å². The van der Waals surface area contributed by atoms with Gasteiger partial charge in [-0.3, -0.25) is 4.79 Å². The Morgan fingerprint density at radius 2 is 1.63 bits per heavy atom. The van der Waals surface area contributed by atoms with Crippen molar-refractivity contribution >= 4 is 5.91 Å². The lowest BCUT2D eigenvalue weighted by molar-refractivity contribution is -0.122. The van der Waals surface area contributed by atoms with Gasteiger partial charge in [0.25, 0.3) is 0 Å². The second-order valence-corrected chi connectivity index (χ2v) is 7.86. The molecule has 1 amide bonds. The van der Waals surface area contributed by atoms with Gasteiger partial charge >= 0.3 is 0 Å². The van der Waals surface area contributed by atoms with Crippen molar-refractivity contribution in [3.63, 3.8) is 0 Å². The summed E-state index contributed by atoms with van der Waals surface area (Å²) in [5.74, 6) is 0.0141. The molecule has 1 aromatic carbocycles. The van der Waals surface area contributed by atoms with Crippen LogP contribution in [0.2, 0.25) is 0 Å². The first-order valence-corrected chi connectivity index (χ1v) is 11.6. The molecule has 1 rings (SSSR count). The second kappa shape index (κ2) is 17.7. The van der Waals surface area contributed by atoms with Crippen molar-refractivity contribution in [2.45, 2.75) is 84.1 Å². The molecule has 0 bridgehead atoms. The molecule has 0 aromatic heterocycles. The van der Waals surface area contributed by atoms with E-state index in [1.54, 1.807) is 6.92 Å². The van der Waals surface area contributed by atoms with Gasteiger partial charge in [-0.2, -0.15) is 0 Å². The monoisotopic (exact) mass is 411 g/mol. The minimum atomic E-state index is -0.159. The van der Waals surface area contributed by atoms with Gasteiger partial charge in [-0.25, -0.2) is 0 Å². The summed E-state index contributed by atoms with van der Waals surface area (Å²) < 4.78 is 0. The number of hydrogen-bond acceptors (Lipinski definition) is 2. The number of rotatable bonds is 16. The highest BCUT2D eigenvalue weighted by Gasteiger charge is 2.04. The smallest absolute Gasteiger partial charge is 0.220 e. The third kappa shape index (κ3) is 13.2. The SMILES string of the molecule is CCCCCc1ccccc1C/C=C\C/C=C\C/C=C\CCCC(=O)N[C@H](C)CO. The fourth-order valence-electron chi connectivity index (χ4n) is 3.21. The molecule has 0 aliphatic heterocycles. The molecular formula is C27H41NO2. The Balaban J connectivity index is 2.14. The Bertz CT molecular complexity index is 661.